The van der Waals surface area contributed by atoms with Crippen LogP contribution in [0.2, 0.25) is 0 Å². The van der Waals surface area contributed by atoms with Gasteiger partial charge in [-0.25, -0.2) is 4.79 Å². The third-order valence-corrected chi connectivity index (χ3v) is 6.69. The first-order valence-electron chi connectivity index (χ1n) is 13.2. The number of hydrogen-bond acceptors (Lipinski definition) is 4. The zero-order chi connectivity index (χ0) is 27.3. The summed E-state index contributed by atoms with van der Waals surface area (Å²) >= 11 is 0. The molecule has 7 nitrogen and oxygen atoms in total. The smallest absolute Gasteiger partial charge is 0.410 e. The van der Waals surface area contributed by atoms with E-state index in [1.54, 1.807) is 32.7 Å². The van der Waals surface area contributed by atoms with Gasteiger partial charge in [0.15, 0.2) is 0 Å². The van der Waals surface area contributed by atoms with Crippen LogP contribution in [-0.2, 0) is 27.3 Å². The number of ether oxygens (including phenoxy) is 1. The highest BCUT2D eigenvalue weighted by molar-refractivity contribution is 5.92. The van der Waals surface area contributed by atoms with Crippen molar-refractivity contribution in [3.63, 3.8) is 0 Å². The molecule has 3 aromatic carbocycles. The Kier molecular flexibility index (Phi) is 8.35. The van der Waals surface area contributed by atoms with E-state index in [1.165, 1.54) is 4.90 Å². The Hall–Kier alpha value is -3.87. The summed E-state index contributed by atoms with van der Waals surface area (Å²) in [6.07, 6.45) is 1.07. The van der Waals surface area contributed by atoms with Crippen molar-refractivity contribution in [2.75, 3.05) is 13.6 Å². The molecule has 0 bridgehead atoms. The maximum absolute atomic E-state index is 13.7. The van der Waals surface area contributed by atoms with Crippen molar-refractivity contribution in [2.45, 2.75) is 64.3 Å². The number of nitrogens with zero attached hydrogens (tertiary/aromatic N) is 2. The first-order chi connectivity index (χ1) is 18.1. The minimum atomic E-state index is -0.779. The van der Waals surface area contributed by atoms with E-state index in [4.69, 9.17) is 4.74 Å². The highest BCUT2D eigenvalue weighted by Crippen LogP contribution is 2.22. The highest BCUT2D eigenvalue weighted by Gasteiger charge is 2.38. The molecule has 1 heterocycles. The fourth-order valence-electron chi connectivity index (χ4n) is 4.85. The summed E-state index contributed by atoms with van der Waals surface area (Å²) < 4.78 is 5.53. The molecule has 0 radical (unpaired) electrons. The molecule has 0 aromatic heterocycles. The quantitative estimate of drug-likeness (QED) is 0.484. The number of carbonyl (C=O) groups is 3. The largest absolute Gasteiger partial charge is 0.444 e. The van der Waals surface area contributed by atoms with Gasteiger partial charge in [-0.2, -0.15) is 0 Å². The minimum Gasteiger partial charge on any atom is -0.444 e. The van der Waals surface area contributed by atoms with Crippen molar-refractivity contribution in [3.05, 3.63) is 83.9 Å². The molecule has 4 rings (SSSR count). The summed E-state index contributed by atoms with van der Waals surface area (Å²) in [4.78, 5) is 43.1. The van der Waals surface area contributed by atoms with Crippen molar-refractivity contribution < 1.29 is 19.1 Å². The van der Waals surface area contributed by atoms with Gasteiger partial charge in [0.2, 0.25) is 11.8 Å². The molecule has 200 valence electrons. The molecule has 3 amide bonds. The number of benzene rings is 3. The zero-order valence-corrected chi connectivity index (χ0v) is 22.6. The molecule has 0 saturated carbocycles. The molecule has 0 aliphatic carbocycles. The van der Waals surface area contributed by atoms with Crippen molar-refractivity contribution >= 4 is 28.7 Å². The average Bonchev–Trinajstić information content (AvgIpc) is 3.38. The molecule has 1 N–H and O–H groups in total. The summed E-state index contributed by atoms with van der Waals surface area (Å²) in [5.74, 6) is -0.516. The second kappa shape index (κ2) is 11.7. The van der Waals surface area contributed by atoms with Crippen LogP contribution in [0.5, 0.6) is 0 Å². The van der Waals surface area contributed by atoms with E-state index in [1.807, 2.05) is 66.7 Å². The SMILES string of the molecule is CN(Cc1ccccc1)C(=O)[C@H](Cc1ccc2ccccc2c1)NC(=O)[C@@H]1CCCN1C(=O)OC(C)(C)C. The van der Waals surface area contributed by atoms with E-state index in [9.17, 15) is 14.4 Å². The lowest BCUT2D eigenvalue weighted by molar-refractivity contribution is -0.136. The van der Waals surface area contributed by atoms with Crippen LogP contribution in [0.4, 0.5) is 4.79 Å². The number of fused-ring (bicyclic) bond motifs is 1. The van der Waals surface area contributed by atoms with Crippen LogP contribution in [-0.4, -0.2) is 59.0 Å². The number of amides is 3. The molecule has 38 heavy (non-hydrogen) atoms. The Labute approximate surface area is 224 Å². The fourth-order valence-corrected chi connectivity index (χ4v) is 4.85. The van der Waals surface area contributed by atoms with Crippen LogP contribution >= 0.6 is 0 Å². The fraction of sp³-hybridized carbons (Fsp3) is 0.387. The van der Waals surface area contributed by atoms with Gasteiger partial charge in [-0.3, -0.25) is 14.5 Å². The summed E-state index contributed by atoms with van der Waals surface area (Å²) in [6, 6.07) is 22.4. The van der Waals surface area contributed by atoms with Crippen molar-refractivity contribution in [3.8, 4) is 0 Å². The second-order valence-corrected chi connectivity index (χ2v) is 11.0. The van der Waals surface area contributed by atoms with Gasteiger partial charge in [0, 0.05) is 26.6 Å². The molecule has 3 aromatic rings. The predicted octanol–water partition coefficient (Wildman–Crippen LogP) is 4.93. The Morgan fingerprint density at radius 1 is 0.974 bits per heavy atom. The molecule has 1 fully saturated rings. The van der Waals surface area contributed by atoms with E-state index in [0.717, 1.165) is 21.9 Å². The van der Waals surface area contributed by atoms with Crippen molar-refractivity contribution in [1.82, 2.24) is 15.1 Å². The average molecular weight is 516 g/mol. The van der Waals surface area contributed by atoms with Gasteiger partial charge < -0.3 is 15.0 Å². The highest BCUT2D eigenvalue weighted by atomic mass is 16.6. The molecular formula is C31H37N3O4. The number of carbonyl (C=O) groups excluding carboxylic acids is 3. The Morgan fingerprint density at radius 2 is 1.66 bits per heavy atom. The van der Waals surface area contributed by atoms with Gasteiger partial charge >= 0.3 is 6.09 Å². The Bertz CT molecular complexity index is 1290. The number of nitrogens with one attached hydrogen (secondary N) is 1. The molecular weight excluding hydrogens is 478 g/mol. The van der Waals surface area contributed by atoms with E-state index in [-0.39, 0.29) is 11.8 Å². The van der Waals surface area contributed by atoms with Crippen LogP contribution in [0.3, 0.4) is 0 Å². The maximum atomic E-state index is 13.7. The van der Waals surface area contributed by atoms with Crippen LogP contribution in [0.1, 0.15) is 44.7 Å². The summed E-state index contributed by atoms with van der Waals surface area (Å²) in [6.45, 7) is 6.28. The first kappa shape index (κ1) is 27.2. The van der Waals surface area contributed by atoms with E-state index in [0.29, 0.717) is 32.4 Å². The van der Waals surface area contributed by atoms with Crippen molar-refractivity contribution in [2.24, 2.45) is 0 Å². The van der Waals surface area contributed by atoms with Gasteiger partial charge in [0.05, 0.1) is 0 Å². The Balaban J connectivity index is 1.54. The molecule has 1 saturated heterocycles. The zero-order valence-electron chi connectivity index (χ0n) is 22.6. The van der Waals surface area contributed by atoms with Crippen molar-refractivity contribution in [1.29, 1.82) is 0 Å². The van der Waals surface area contributed by atoms with E-state index >= 15 is 0 Å². The number of likely N-dealkylation sites (tertiary alicyclic amines) is 1. The summed E-state index contributed by atoms with van der Waals surface area (Å²) in [5.41, 5.74) is 1.30. The molecule has 1 aliphatic rings. The van der Waals surface area contributed by atoms with Gasteiger partial charge in [-0.1, -0.05) is 72.8 Å². The summed E-state index contributed by atoms with van der Waals surface area (Å²) in [7, 11) is 1.75. The third-order valence-electron chi connectivity index (χ3n) is 6.69. The topological polar surface area (TPSA) is 79.0 Å². The predicted molar refractivity (Wildman–Crippen MR) is 148 cm³/mol. The van der Waals surface area contributed by atoms with Gasteiger partial charge in [-0.15, -0.1) is 0 Å². The Morgan fingerprint density at radius 3 is 2.37 bits per heavy atom. The van der Waals surface area contributed by atoms with Gasteiger partial charge in [0.25, 0.3) is 0 Å². The lowest BCUT2D eigenvalue weighted by Crippen LogP contribution is -2.54. The lowest BCUT2D eigenvalue weighted by atomic mass is 10.00. The van der Waals surface area contributed by atoms with Gasteiger partial charge in [-0.05, 0) is 55.5 Å². The normalized spacial score (nSPS) is 16.2. The third kappa shape index (κ3) is 6.91. The lowest BCUT2D eigenvalue weighted by Gasteiger charge is -2.30. The van der Waals surface area contributed by atoms with Crippen LogP contribution in [0.15, 0.2) is 72.8 Å². The molecule has 7 heteroatoms. The number of likely N-dealkylation sites (N-methyl/N-ethyl adjacent to an activating group) is 1. The van der Waals surface area contributed by atoms with Gasteiger partial charge in [0.1, 0.15) is 17.7 Å². The minimum absolute atomic E-state index is 0.183. The summed E-state index contributed by atoms with van der Waals surface area (Å²) in [5, 5.41) is 5.18. The monoisotopic (exact) mass is 515 g/mol. The molecule has 0 unspecified atom stereocenters. The van der Waals surface area contributed by atoms with E-state index < -0.39 is 23.8 Å². The van der Waals surface area contributed by atoms with Crippen LogP contribution in [0, 0.1) is 0 Å². The first-order valence-corrected chi connectivity index (χ1v) is 13.2. The van der Waals surface area contributed by atoms with Crippen LogP contribution in [0.25, 0.3) is 10.8 Å². The molecule has 2 atom stereocenters. The maximum Gasteiger partial charge on any atom is 0.410 e. The standard InChI is InChI=1S/C31H37N3O4/c1-31(2,3)38-30(37)34-18-10-15-27(34)28(35)32-26(29(36)33(4)21-22-11-6-5-7-12-22)20-23-16-17-24-13-8-9-14-25(24)19-23/h5-9,11-14,16-17,19,26-27H,10,15,18,20-21H2,1-4H3,(H,32,35)/t26-,27-/m0/s1. The number of hydrogen-bond donors (Lipinski definition) is 1. The van der Waals surface area contributed by atoms with Crippen LogP contribution < -0.4 is 5.32 Å². The second-order valence-electron chi connectivity index (χ2n) is 11.0. The van der Waals surface area contributed by atoms with E-state index in [2.05, 4.69) is 11.4 Å². The molecule has 1 aliphatic heterocycles. The molecule has 0 spiro atoms. The number of rotatable bonds is 7.